The van der Waals surface area contributed by atoms with E-state index in [-0.39, 0.29) is 17.7 Å². The fraction of sp³-hybridized carbons (Fsp3) is 0.250. The summed E-state index contributed by atoms with van der Waals surface area (Å²) in [5.41, 5.74) is 6.63. The zero-order valence-corrected chi connectivity index (χ0v) is 20.4. The van der Waals surface area contributed by atoms with Crippen molar-refractivity contribution >= 4 is 28.7 Å². The quantitative estimate of drug-likeness (QED) is 0.212. The molecule has 4 N–H and O–H groups in total. The molecule has 37 heavy (non-hydrogen) atoms. The smallest absolute Gasteiger partial charge is 0.227 e. The average Bonchev–Trinajstić information content (AvgIpc) is 3.72. The van der Waals surface area contributed by atoms with Gasteiger partial charge in [-0.15, -0.1) is 0 Å². The molecule has 1 atom stereocenters. The number of nitrogens with one attached hydrogen (secondary N) is 4. The first kappa shape index (κ1) is 22.9. The predicted molar refractivity (Wildman–Crippen MR) is 142 cm³/mol. The molecule has 0 saturated heterocycles. The molecule has 1 aliphatic rings. The molecule has 0 spiro atoms. The van der Waals surface area contributed by atoms with Gasteiger partial charge in [-0.3, -0.25) is 14.9 Å². The number of aromatic amines is 2. The Morgan fingerprint density at radius 2 is 2.05 bits per heavy atom. The standard InChI is InChI=1S/C28H27N7O2/c1-16-25(23(12-29)19-8-9-37-15-19)33-27(31-16)26-22-11-18(6-7-24(22)34-35-26)20-10-21(14-30-13-20)32-28(36)17-4-2-3-5-17/h6-15,17,23,29H,2-5H2,1H3,(H,31,33)(H,32,36)(H,34,35). The molecule has 1 unspecified atom stereocenters. The normalized spacial score (nSPS) is 14.7. The number of benzene rings is 1. The molecule has 0 bridgehead atoms. The second kappa shape index (κ2) is 9.50. The van der Waals surface area contributed by atoms with E-state index in [2.05, 4.69) is 31.5 Å². The molecule has 1 aromatic carbocycles. The van der Waals surface area contributed by atoms with Crippen molar-refractivity contribution < 1.29 is 9.21 Å². The second-order valence-electron chi connectivity index (χ2n) is 9.56. The number of nitrogens with zero attached hydrogens (tertiary/aromatic N) is 3. The number of anilines is 1. The molecule has 1 aliphatic carbocycles. The Morgan fingerprint density at radius 3 is 2.84 bits per heavy atom. The van der Waals surface area contributed by atoms with E-state index < -0.39 is 0 Å². The molecule has 1 fully saturated rings. The molecule has 5 aromatic rings. The van der Waals surface area contributed by atoms with Crippen molar-refractivity contribution in [2.45, 2.75) is 38.5 Å². The lowest BCUT2D eigenvalue weighted by atomic mass is 9.99. The fourth-order valence-corrected chi connectivity index (χ4v) is 5.15. The number of H-pyrrole nitrogens is 2. The number of fused-ring (bicyclic) bond motifs is 1. The van der Waals surface area contributed by atoms with E-state index in [1.54, 1.807) is 24.9 Å². The number of rotatable bonds is 7. The van der Waals surface area contributed by atoms with E-state index in [4.69, 9.17) is 14.8 Å². The number of carbonyl (C=O) groups is 1. The van der Waals surface area contributed by atoms with E-state index in [1.165, 1.54) is 6.21 Å². The van der Waals surface area contributed by atoms with Gasteiger partial charge in [0.15, 0.2) is 5.82 Å². The summed E-state index contributed by atoms with van der Waals surface area (Å²) in [6, 6.07) is 9.84. The summed E-state index contributed by atoms with van der Waals surface area (Å²) in [4.78, 5) is 25.1. The number of pyridine rings is 1. The van der Waals surface area contributed by atoms with Crippen LogP contribution in [0.4, 0.5) is 5.69 Å². The Hall–Kier alpha value is -4.53. The molecule has 0 radical (unpaired) electrons. The Balaban J connectivity index is 1.32. The molecule has 9 heteroatoms. The van der Waals surface area contributed by atoms with Gasteiger partial charge in [-0.1, -0.05) is 18.9 Å². The van der Waals surface area contributed by atoms with Crippen LogP contribution < -0.4 is 5.32 Å². The van der Waals surface area contributed by atoms with Gasteiger partial charge in [0.05, 0.1) is 41.5 Å². The Bertz CT molecular complexity index is 1580. The molecule has 4 heterocycles. The first-order chi connectivity index (χ1) is 18.1. The molecule has 4 aromatic heterocycles. The van der Waals surface area contributed by atoms with Crippen LogP contribution in [0.15, 0.2) is 59.7 Å². The number of amides is 1. The Kier molecular flexibility index (Phi) is 5.88. The van der Waals surface area contributed by atoms with Crippen molar-refractivity contribution in [3.63, 3.8) is 0 Å². The van der Waals surface area contributed by atoms with Crippen LogP contribution in [0.1, 0.15) is 48.6 Å². The first-order valence-corrected chi connectivity index (χ1v) is 12.4. The lowest BCUT2D eigenvalue weighted by Crippen LogP contribution is -2.20. The third-order valence-corrected chi connectivity index (χ3v) is 7.14. The Morgan fingerprint density at radius 1 is 1.19 bits per heavy atom. The zero-order chi connectivity index (χ0) is 25.4. The number of aromatic nitrogens is 5. The topological polar surface area (TPSA) is 136 Å². The van der Waals surface area contributed by atoms with Gasteiger partial charge in [0, 0.05) is 40.5 Å². The van der Waals surface area contributed by atoms with Crippen molar-refractivity contribution in [3.05, 3.63) is 72.2 Å². The Labute approximate surface area is 213 Å². The van der Waals surface area contributed by atoms with Gasteiger partial charge in [-0.05, 0) is 49.6 Å². The van der Waals surface area contributed by atoms with Gasteiger partial charge < -0.3 is 20.1 Å². The van der Waals surface area contributed by atoms with Crippen molar-refractivity contribution in [1.29, 1.82) is 5.41 Å². The van der Waals surface area contributed by atoms with Crippen LogP contribution in [0.3, 0.4) is 0 Å². The maximum atomic E-state index is 12.6. The third kappa shape index (κ3) is 4.33. The number of carbonyl (C=O) groups excluding carboxylic acids is 1. The highest BCUT2D eigenvalue weighted by Gasteiger charge is 2.23. The molecule has 0 aliphatic heterocycles. The minimum absolute atomic E-state index is 0.0756. The molecule has 6 rings (SSSR count). The molecule has 186 valence electrons. The van der Waals surface area contributed by atoms with Gasteiger partial charge in [0.2, 0.25) is 5.91 Å². The maximum absolute atomic E-state index is 12.6. The minimum atomic E-state index is -0.308. The summed E-state index contributed by atoms with van der Waals surface area (Å²) in [5, 5.41) is 19.5. The third-order valence-electron chi connectivity index (χ3n) is 7.14. The molecule has 1 amide bonds. The van der Waals surface area contributed by atoms with E-state index >= 15 is 0 Å². The summed E-state index contributed by atoms with van der Waals surface area (Å²) in [6.45, 7) is 1.94. The SMILES string of the molecule is Cc1[nH]c(-c2n[nH]c3ccc(-c4cncc(NC(=O)C5CCCC5)c4)cc23)nc1C(C=N)c1ccoc1. The van der Waals surface area contributed by atoms with Gasteiger partial charge in [0.25, 0.3) is 0 Å². The number of hydrogen-bond donors (Lipinski definition) is 4. The van der Waals surface area contributed by atoms with Crippen LogP contribution in [-0.4, -0.2) is 37.3 Å². The van der Waals surface area contributed by atoms with Crippen molar-refractivity contribution in [3.8, 4) is 22.6 Å². The van der Waals surface area contributed by atoms with Crippen molar-refractivity contribution in [2.75, 3.05) is 5.32 Å². The van der Waals surface area contributed by atoms with Crippen LogP contribution >= 0.6 is 0 Å². The predicted octanol–water partition coefficient (Wildman–Crippen LogP) is 5.83. The number of imidazole rings is 1. The van der Waals surface area contributed by atoms with E-state index in [9.17, 15) is 4.79 Å². The van der Waals surface area contributed by atoms with Gasteiger partial charge in [0.1, 0.15) is 5.69 Å². The molecular formula is C28H27N7O2. The van der Waals surface area contributed by atoms with E-state index in [1.807, 2.05) is 31.2 Å². The van der Waals surface area contributed by atoms with Gasteiger partial charge in [-0.25, -0.2) is 4.98 Å². The molecular weight excluding hydrogens is 466 g/mol. The largest absolute Gasteiger partial charge is 0.472 e. The highest BCUT2D eigenvalue weighted by molar-refractivity contribution is 5.96. The number of furan rings is 1. The van der Waals surface area contributed by atoms with Gasteiger partial charge >= 0.3 is 0 Å². The summed E-state index contributed by atoms with van der Waals surface area (Å²) in [7, 11) is 0. The molecule has 9 nitrogen and oxygen atoms in total. The first-order valence-electron chi connectivity index (χ1n) is 12.4. The van der Waals surface area contributed by atoms with Crippen molar-refractivity contribution in [1.82, 2.24) is 25.1 Å². The highest BCUT2D eigenvalue weighted by Crippen LogP contribution is 2.33. The second-order valence-corrected chi connectivity index (χ2v) is 9.56. The van der Waals surface area contributed by atoms with Crippen molar-refractivity contribution in [2.24, 2.45) is 5.92 Å². The van der Waals surface area contributed by atoms with Crippen LogP contribution in [-0.2, 0) is 4.79 Å². The maximum Gasteiger partial charge on any atom is 0.227 e. The summed E-state index contributed by atoms with van der Waals surface area (Å²) < 4.78 is 5.22. The fourth-order valence-electron chi connectivity index (χ4n) is 5.15. The molecule has 1 saturated carbocycles. The number of aryl methyl sites for hydroxylation is 1. The zero-order valence-electron chi connectivity index (χ0n) is 20.4. The van der Waals surface area contributed by atoms with Gasteiger partial charge in [-0.2, -0.15) is 5.10 Å². The van der Waals surface area contributed by atoms with E-state index in [0.29, 0.717) is 17.2 Å². The number of hydrogen-bond acceptors (Lipinski definition) is 6. The lowest BCUT2D eigenvalue weighted by molar-refractivity contribution is -0.119. The van der Waals surface area contributed by atoms with Crippen LogP contribution in [0.2, 0.25) is 0 Å². The summed E-state index contributed by atoms with van der Waals surface area (Å²) in [5.74, 6) is 0.488. The van der Waals surface area contributed by atoms with Crippen LogP contribution in [0, 0.1) is 18.3 Å². The van der Waals surface area contributed by atoms with Crippen LogP contribution in [0.25, 0.3) is 33.5 Å². The minimum Gasteiger partial charge on any atom is -0.472 e. The lowest BCUT2D eigenvalue weighted by Gasteiger charge is -2.11. The summed E-state index contributed by atoms with van der Waals surface area (Å²) >= 11 is 0. The van der Waals surface area contributed by atoms with Crippen LogP contribution in [0.5, 0.6) is 0 Å². The monoisotopic (exact) mass is 493 g/mol. The highest BCUT2D eigenvalue weighted by atomic mass is 16.3. The average molecular weight is 494 g/mol. The summed E-state index contributed by atoms with van der Waals surface area (Å²) in [6.07, 6.45) is 12.2. The van der Waals surface area contributed by atoms with E-state index in [0.717, 1.165) is 64.7 Å².